The molecule has 1 aliphatic carbocycles. The monoisotopic (exact) mass is 444 g/mol. The Bertz CT molecular complexity index is 966. The van der Waals surface area contributed by atoms with E-state index >= 15 is 0 Å². The predicted octanol–water partition coefficient (Wildman–Crippen LogP) is 6.22. The molecule has 2 aromatic rings. The third-order valence-electron chi connectivity index (χ3n) is 6.42. The Kier molecular flexibility index (Phi) is 7.12. The fourth-order valence-electron chi connectivity index (χ4n) is 5.15. The van der Waals surface area contributed by atoms with Crippen LogP contribution in [-0.2, 0) is 21.6 Å². The number of hydrogen-bond acceptors (Lipinski definition) is 5. The van der Waals surface area contributed by atoms with Gasteiger partial charge in [-0.2, -0.15) is 15.2 Å². The minimum Gasteiger partial charge on any atom is -0.331 e. The molecule has 0 bridgehead atoms. The SMILES string of the molecule is C=C(OOCC)Sc1c(C#N)c(CC2C(C)CC(C)CC2C)c2[nH]nc(C(C)(C)C)n12. The minimum atomic E-state index is -0.195. The van der Waals surface area contributed by atoms with E-state index in [1.165, 1.54) is 24.6 Å². The Hall–Kier alpha value is -1.91. The van der Waals surface area contributed by atoms with Crippen molar-refractivity contribution in [2.75, 3.05) is 6.61 Å². The number of aromatic amines is 1. The number of nitrogens with zero attached hydrogens (tertiary/aromatic N) is 3. The minimum absolute atomic E-state index is 0.195. The molecule has 0 saturated heterocycles. The lowest BCUT2D eigenvalue weighted by Crippen LogP contribution is -2.30. The summed E-state index contributed by atoms with van der Waals surface area (Å²) in [5, 5.41) is 19.3. The highest BCUT2D eigenvalue weighted by Gasteiger charge is 2.35. The van der Waals surface area contributed by atoms with Crippen LogP contribution in [0.2, 0.25) is 0 Å². The summed E-state index contributed by atoms with van der Waals surface area (Å²) in [6.45, 7) is 19.7. The van der Waals surface area contributed by atoms with E-state index in [1.807, 2.05) is 6.92 Å². The van der Waals surface area contributed by atoms with Crippen LogP contribution in [0.15, 0.2) is 16.7 Å². The van der Waals surface area contributed by atoms with Crippen molar-refractivity contribution < 1.29 is 9.78 Å². The van der Waals surface area contributed by atoms with E-state index in [4.69, 9.17) is 9.78 Å². The number of hydrogen-bond donors (Lipinski definition) is 1. The van der Waals surface area contributed by atoms with Crippen molar-refractivity contribution in [3.63, 3.8) is 0 Å². The zero-order valence-corrected chi connectivity index (χ0v) is 20.7. The average Bonchev–Trinajstić information content (AvgIpc) is 3.22. The van der Waals surface area contributed by atoms with Gasteiger partial charge in [0, 0.05) is 11.0 Å². The van der Waals surface area contributed by atoms with Crippen molar-refractivity contribution in [3.05, 3.63) is 28.6 Å². The Morgan fingerprint density at radius 2 is 1.94 bits per heavy atom. The van der Waals surface area contributed by atoms with Crippen LogP contribution in [0.5, 0.6) is 0 Å². The third-order valence-corrected chi connectivity index (χ3v) is 7.30. The van der Waals surface area contributed by atoms with Gasteiger partial charge in [0.25, 0.3) is 0 Å². The molecule has 170 valence electrons. The van der Waals surface area contributed by atoms with E-state index in [1.54, 1.807) is 0 Å². The average molecular weight is 445 g/mol. The van der Waals surface area contributed by atoms with Crippen LogP contribution in [0.25, 0.3) is 5.65 Å². The zero-order chi connectivity index (χ0) is 22.9. The van der Waals surface area contributed by atoms with Crippen LogP contribution in [-0.4, -0.2) is 21.2 Å². The molecule has 7 heteroatoms. The molecule has 0 spiro atoms. The molecule has 31 heavy (non-hydrogen) atoms. The first-order valence-electron chi connectivity index (χ1n) is 11.3. The van der Waals surface area contributed by atoms with Gasteiger partial charge in [-0.3, -0.25) is 9.50 Å². The summed E-state index contributed by atoms with van der Waals surface area (Å²) in [7, 11) is 0. The molecule has 0 amide bonds. The number of H-pyrrole nitrogens is 1. The maximum atomic E-state index is 10.2. The smallest absolute Gasteiger partial charge is 0.197 e. The van der Waals surface area contributed by atoms with Crippen molar-refractivity contribution in [3.8, 4) is 6.07 Å². The first-order chi connectivity index (χ1) is 14.6. The van der Waals surface area contributed by atoms with Gasteiger partial charge in [-0.15, -0.1) is 0 Å². The van der Waals surface area contributed by atoms with E-state index in [2.05, 4.69) is 68.8 Å². The van der Waals surface area contributed by atoms with Gasteiger partial charge in [0.1, 0.15) is 22.6 Å². The van der Waals surface area contributed by atoms with Crippen LogP contribution < -0.4 is 0 Å². The number of fused-ring (bicyclic) bond motifs is 1. The van der Waals surface area contributed by atoms with Crippen molar-refractivity contribution >= 4 is 17.4 Å². The summed E-state index contributed by atoms with van der Waals surface area (Å²) in [5.74, 6) is 3.43. The normalized spacial score (nSPS) is 24.3. The Labute approximate surface area is 190 Å². The second-order valence-corrected chi connectivity index (χ2v) is 11.2. The van der Waals surface area contributed by atoms with E-state index in [0.29, 0.717) is 35.0 Å². The van der Waals surface area contributed by atoms with Crippen LogP contribution in [0.3, 0.4) is 0 Å². The van der Waals surface area contributed by atoms with Gasteiger partial charge in [0.05, 0.1) is 12.2 Å². The molecule has 2 aromatic heterocycles. The first kappa shape index (κ1) is 23.7. The molecule has 2 heterocycles. The van der Waals surface area contributed by atoms with Gasteiger partial charge in [-0.1, -0.05) is 41.5 Å². The molecule has 2 unspecified atom stereocenters. The summed E-state index contributed by atoms with van der Waals surface area (Å²) < 4.78 is 2.08. The highest BCUT2D eigenvalue weighted by molar-refractivity contribution is 8.02. The Morgan fingerprint density at radius 1 is 1.29 bits per heavy atom. The molecule has 2 atom stereocenters. The molecule has 1 saturated carbocycles. The van der Waals surface area contributed by atoms with Gasteiger partial charge in [0.2, 0.25) is 0 Å². The number of nitriles is 1. The van der Waals surface area contributed by atoms with Gasteiger partial charge in [0.15, 0.2) is 5.09 Å². The highest BCUT2D eigenvalue weighted by Crippen LogP contribution is 2.43. The molecular weight excluding hydrogens is 408 g/mol. The molecule has 3 rings (SSSR count). The maximum absolute atomic E-state index is 10.2. The summed E-state index contributed by atoms with van der Waals surface area (Å²) in [6.07, 6.45) is 3.35. The molecule has 6 nitrogen and oxygen atoms in total. The summed E-state index contributed by atoms with van der Waals surface area (Å²) in [4.78, 5) is 10.3. The standard InChI is InChI=1S/C24H36N4O2S/c1-9-29-30-17(5)31-22-20(13-25)19(12-18-15(3)10-14(2)11-16(18)4)21-26-27-23(28(21)22)24(6,7)8/h14-16,18,26H,5,9-12H2,1-4,6-8H3. The largest absolute Gasteiger partial charge is 0.331 e. The second-order valence-electron chi connectivity index (χ2n) is 10.1. The number of aromatic nitrogens is 3. The molecule has 1 aliphatic rings. The van der Waals surface area contributed by atoms with Gasteiger partial charge >= 0.3 is 0 Å². The second kappa shape index (κ2) is 9.30. The predicted molar refractivity (Wildman–Crippen MR) is 125 cm³/mol. The Balaban J connectivity index is 2.10. The van der Waals surface area contributed by atoms with Crippen LogP contribution in [0.1, 0.15) is 78.3 Å². The Morgan fingerprint density at radius 3 is 2.48 bits per heavy atom. The topological polar surface area (TPSA) is 75.3 Å². The van der Waals surface area contributed by atoms with Crippen molar-refractivity contribution in [2.24, 2.45) is 23.7 Å². The van der Waals surface area contributed by atoms with Gasteiger partial charge in [-0.25, -0.2) is 0 Å². The van der Waals surface area contributed by atoms with Crippen LogP contribution >= 0.6 is 11.8 Å². The molecule has 1 fully saturated rings. The summed E-state index contributed by atoms with van der Waals surface area (Å²) in [5.41, 5.74) is 2.45. The molecule has 0 radical (unpaired) electrons. The van der Waals surface area contributed by atoms with Crippen molar-refractivity contribution in [2.45, 2.75) is 78.2 Å². The number of thioether (sulfide) groups is 1. The maximum Gasteiger partial charge on any atom is 0.197 e. The third kappa shape index (κ3) is 4.80. The van der Waals surface area contributed by atoms with E-state index in [-0.39, 0.29) is 5.41 Å². The van der Waals surface area contributed by atoms with Gasteiger partial charge in [-0.05, 0) is 68.2 Å². The lowest BCUT2D eigenvalue weighted by atomic mass is 9.67. The summed E-state index contributed by atoms with van der Waals surface area (Å²) >= 11 is 1.32. The number of rotatable bonds is 7. The molecular formula is C24H36N4O2S. The lowest BCUT2D eigenvalue weighted by molar-refractivity contribution is -0.248. The number of nitrogens with one attached hydrogen (secondary N) is 1. The van der Waals surface area contributed by atoms with Crippen LogP contribution in [0.4, 0.5) is 0 Å². The highest BCUT2D eigenvalue weighted by atomic mass is 32.2. The fourth-order valence-corrected chi connectivity index (χ4v) is 5.99. The molecule has 0 aliphatic heterocycles. The zero-order valence-electron chi connectivity index (χ0n) is 19.9. The van der Waals surface area contributed by atoms with Crippen molar-refractivity contribution in [1.29, 1.82) is 5.26 Å². The summed E-state index contributed by atoms with van der Waals surface area (Å²) in [6, 6.07) is 2.48. The van der Waals surface area contributed by atoms with E-state index < -0.39 is 0 Å². The molecule has 1 N–H and O–H groups in total. The van der Waals surface area contributed by atoms with Gasteiger partial charge < -0.3 is 4.89 Å². The quantitative estimate of drug-likeness (QED) is 0.237. The lowest BCUT2D eigenvalue weighted by Gasteiger charge is -2.38. The molecule has 0 aromatic carbocycles. The van der Waals surface area contributed by atoms with Crippen molar-refractivity contribution in [1.82, 2.24) is 14.6 Å². The first-order valence-corrected chi connectivity index (χ1v) is 12.1. The van der Waals surface area contributed by atoms with E-state index in [0.717, 1.165) is 34.4 Å². The van der Waals surface area contributed by atoms with Crippen LogP contribution in [0, 0.1) is 35.0 Å². The van der Waals surface area contributed by atoms with E-state index in [9.17, 15) is 5.26 Å². The fraction of sp³-hybridized carbons (Fsp3) is 0.667.